The smallest absolute Gasteiger partial charge is 0.303 e. The van der Waals surface area contributed by atoms with E-state index < -0.39 is 11.9 Å². The lowest BCUT2D eigenvalue weighted by atomic mass is 10.2. The van der Waals surface area contributed by atoms with Crippen LogP contribution in [0.4, 0.5) is 0 Å². The Labute approximate surface area is 122 Å². The summed E-state index contributed by atoms with van der Waals surface area (Å²) in [5, 5.41) is 11.0. The van der Waals surface area contributed by atoms with Gasteiger partial charge in [0.1, 0.15) is 5.75 Å². The van der Waals surface area contributed by atoms with Crippen LogP contribution in [0.1, 0.15) is 29.6 Å². The topological polar surface area (TPSA) is 119 Å². The van der Waals surface area contributed by atoms with Crippen LogP contribution in [0.25, 0.3) is 0 Å². The van der Waals surface area contributed by atoms with Crippen molar-refractivity contribution in [2.75, 3.05) is 13.2 Å². The molecule has 0 spiro atoms. The van der Waals surface area contributed by atoms with Crippen molar-refractivity contribution in [1.29, 1.82) is 0 Å². The number of benzene rings is 1. The molecule has 0 fully saturated rings. The summed E-state index contributed by atoms with van der Waals surface area (Å²) < 4.78 is 5.35. The number of hydrogen-bond donors (Lipinski definition) is 3. The molecule has 21 heavy (non-hydrogen) atoms. The zero-order valence-electron chi connectivity index (χ0n) is 11.5. The van der Waals surface area contributed by atoms with Gasteiger partial charge in [-0.15, -0.1) is 0 Å². The molecule has 0 atom stereocenters. The Bertz CT molecular complexity index is 516. The van der Waals surface area contributed by atoms with Crippen molar-refractivity contribution >= 4 is 17.8 Å². The highest BCUT2D eigenvalue weighted by atomic mass is 16.5. The molecule has 2 amide bonds. The molecular formula is C14H18N2O5. The highest BCUT2D eigenvalue weighted by Gasteiger charge is 2.04. The minimum absolute atomic E-state index is 0.0245. The van der Waals surface area contributed by atoms with E-state index in [1.54, 1.807) is 18.2 Å². The van der Waals surface area contributed by atoms with Gasteiger partial charge in [0.2, 0.25) is 11.8 Å². The van der Waals surface area contributed by atoms with E-state index >= 15 is 0 Å². The number of carbonyl (C=O) groups excluding carboxylic acids is 2. The monoisotopic (exact) mass is 294 g/mol. The van der Waals surface area contributed by atoms with Crippen LogP contribution in [0.2, 0.25) is 0 Å². The van der Waals surface area contributed by atoms with E-state index in [0.29, 0.717) is 24.3 Å². The fourth-order valence-electron chi connectivity index (χ4n) is 1.56. The van der Waals surface area contributed by atoms with E-state index in [-0.39, 0.29) is 25.4 Å². The lowest BCUT2D eigenvalue weighted by molar-refractivity contribution is -0.137. The number of carboxylic acid groups (broad SMARTS) is 1. The van der Waals surface area contributed by atoms with Crippen LogP contribution in [0.15, 0.2) is 24.3 Å². The van der Waals surface area contributed by atoms with Crippen molar-refractivity contribution in [1.82, 2.24) is 5.32 Å². The normalized spacial score (nSPS) is 9.90. The molecule has 0 aliphatic carbocycles. The van der Waals surface area contributed by atoms with Crippen molar-refractivity contribution < 1.29 is 24.2 Å². The molecule has 1 aromatic rings. The molecule has 0 unspecified atom stereocenters. The number of carbonyl (C=O) groups is 3. The second kappa shape index (κ2) is 8.57. The molecule has 7 heteroatoms. The predicted molar refractivity (Wildman–Crippen MR) is 75.0 cm³/mol. The predicted octanol–water partition coefficient (Wildman–Crippen LogP) is 0.535. The Morgan fingerprint density at radius 1 is 1.24 bits per heavy atom. The van der Waals surface area contributed by atoms with Gasteiger partial charge in [-0.1, -0.05) is 6.07 Å². The van der Waals surface area contributed by atoms with Crippen molar-refractivity contribution in [3.05, 3.63) is 29.8 Å². The number of ether oxygens (including phenoxy) is 1. The van der Waals surface area contributed by atoms with Gasteiger partial charge in [0.05, 0.1) is 13.0 Å². The van der Waals surface area contributed by atoms with Gasteiger partial charge >= 0.3 is 5.97 Å². The van der Waals surface area contributed by atoms with Gasteiger partial charge in [-0.25, -0.2) is 0 Å². The maximum absolute atomic E-state index is 11.4. The van der Waals surface area contributed by atoms with Gasteiger partial charge in [-0.2, -0.15) is 0 Å². The quantitative estimate of drug-likeness (QED) is 0.574. The average Bonchev–Trinajstić information content (AvgIpc) is 2.44. The molecule has 0 saturated heterocycles. The van der Waals surface area contributed by atoms with Crippen molar-refractivity contribution in [3.8, 4) is 5.75 Å². The Hall–Kier alpha value is -2.57. The number of carboxylic acids is 1. The molecular weight excluding hydrogens is 276 g/mol. The third kappa shape index (κ3) is 6.95. The first-order valence-corrected chi connectivity index (χ1v) is 6.50. The Morgan fingerprint density at radius 3 is 2.67 bits per heavy atom. The molecule has 0 saturated carbocycles. The molecule has 0 aromatic heterocycles. The van der Waals surface area contributed by atoms with Gasteiger partial charge in [0, 0.05) is 18.5 Å². The van der Waals surface area contributed by atoms with Gasteiger partial charge in [-0.05, 0) is 24.6 Å². The minimum Gasteiger partial charge on any atom is -0.493 e. The maximum atomic E-state index is 11.4. The van der Waals surface area contributed by atoms with Gasteiger partial charge in [-0.3, -0.25) is 14.4 Å². The van der Waals surface area contributed by atoms with Crippen LogP contribution < -0.4 is 15.8 Å². The zero-order chi connectivity index (χ0) is 15.7. The maximum Gasteiger partial charge on any atom is 0.303 e. The first kappa shape index (κ1) is 16.5. The number of hydrogen-bond acceptors (Lipinski definition) is 4. The molecule has 0 bridgehead atoms. The molecule has 0 heterocycles. The second-order valence-corrected chi connectivity index (χ2v) is 4.34. The van der Waals surface area contributed by atoms with E-state index in [2.05, 4.69) is 5.32 Å². The first-order valence-electron chi connectivity index (χ1n) is 6.50. The Morgan fingerprint density at radius 2 is 2.00 bits per heavy atom. The summed E-state index contributed by atoms with van der Waals surface area (Å²) in [6.45, 7) is 0.481. The van der Waals surface area contributed by atoms with Gasteiger partial charge < -0.3 is 20.9 Å². The van der Waals surface area contributed by atoms with E-state index in [1.165, 1.54) is 6.07 Å². The molecule has 7 nitrogen and oxygen atoms in total. The second-order valence-electron chi connectivity index (χ2n) is 4.34. The molecule has 0 aliphatic heterocycles. The van der Waals surface area contributed by atoms with Crippen LogP contribution in [0.3, 0.4) is 0 Å². The highest BCUT2D eigenvalue weighted by Crippen LogP contribution is 2.13. The number of rotatable bonds is 9. The Kier molecular flexibility index (Phi) is 6.73. The first-order chi connectivity index (χ1) is 9.99. The summed E-state index contributed by atoms with van der Waals surface area (Å²) in [4.78, 5) is 32.7. The van der Waals surface area contributed by atoms with Crippen LogP contribution in [-0.2, 0) is 9.59 Å². The molecule has 0 radical (unpaired) electrons. The van der Waals surface area contributed by atoms with Crippen LogP contribution in [0.5, 0.6) is 5.75 Å². The molecule has 1 aromatic carbocycles. The number of aliphatic carboxylic acids is 1. The lowest BCUT2D eigenvalue weighted by Gasteiger charge is -2.07. The summed E-state index contributed by atoms with van der Waals surface area (Å²) in [7, 11) is 0. The zero-order valence-corrected chi connectivity index (χ0v) is 11.5. The Balaban J connectivity index is 2.23. The summed E-state index contributed by atoms with van der Waals surface area (Å²) in [5.41, 5.74) is 5.49. The summed E-state index contributed by atoms with van der Waals surface area (Å²) >= 11 is 0. The van der Waals surface area contributed by atoms with Crippen LogP contribution in [-0.4, -0.2) is 36.0 Å². The van der Waals surface area contributed by atoms with E-state index in [9.17, 15) is 14.4 Å². The van der Waals surface area contributed by atoms with E-state index in [0.717, 1.165) is 0 Å². The standard InChI is InChI=1S/C14H18N2O5/c15-14(20)10-3-1-4-11(9-10)21-8-6-12(17)16-7-2-5-13(18)19/h1,3-4,9H,2,5-8H2,(H2,15,20)(H,16,17)(H,18,19). The highest BCUT2D eigenvalue weighted by molar-refractivity contribution is 5.93. The third-order valence-electron chi connectivity index (χ3n) is 2.61. The number of nitrogens with one attached hydrogen (secondary N) is 1. The minimum atomic E-state index is -0.887. The van der Waals surface area contributed by atoms with Gasteiger partial charge in [0.15, 0.2) is 0 Å². The lowest BCUT2D eigenvalue weighted by Crippen LogP contribution is -2.26. The van der Waals surface area contributed by atoms with Gasteiger partial charge in [0.25, 0.3) is 0 Å². The fourth-order valence-corrected chi connectivity index (χ4v) is 1.56. The number of primary amides is 1. The third-order valence-corrected chi connectivity index (χ3v) is 2.61. The van der Waals surface area contributed by atoms with E-state index in [1.807, 2.05) is 0 Å². The summed E-state index contributed by atoms with van der Waals surface area (Å²) in [6, 6.07) is 6.38. The van der Waals surface area contributed by atoms with Crippen LogP contribution >= 0.6 is 0 Å². The number of nitrogens with two attached hydrogens (primary N) is 1. The SMILES string of the molecule is NC(=O)c1cccc(OCCC(=O)NCCCC(=O)O)c1. The molecule has 1 rings (SSSR count). The van der Waals surface area contributed by atoms with Crippen molar-refractivity contribution in [3.63, 3.8) is 0 Å². The summed E-state index contributed by atoms with van der Waals surface area (Å²) in [5.74, 6) is -1.19. The molecule has 4 N–H and O–H groups in total. The molecule has 0 aliphatic rings. The van der Waals surface area contributed by atoms with E-state index in [4.69, 9.17) is 15.6 Å². The van der Waals surface area contributed by atoms with Crippen molar-refractivity contribution in [2.45, 2.75) is 19.3 Å². The number of amides is 2. The van der Waals surface area contributed by atoms with Crippen LogP contribution in [0, 0.1) is 0 Å². The largest absolute Gasteiger partial charge is 0.493 e. The van der Waals surface area contributed by atoms with Crippen molar-refractivity contribution in [2.24, 2.45) is 5.73 Å². The summed E-state index contributed by atoms with van der Waals surface area (Å²) in [6.07, 6.45) is 0.563. The fraction of sp³-hybridized carbons (Fsp3) is 0.357. The average molecular weight is 294 g/mol. The molecule has 114 valence electrons.